The molecule has 2 aromatic rings. The average molecular weight is 427 g/mol. The van der Waals surface area contributed by atoms with E-state index in [-0.39, 0.29) is 6.42 Å². The number of rotatable bonds is 8. The van der Waals surface area contributed by atoms with Gasteiger partial charge in [0.15, 0.2) is 11.5 Å². The van der Waals surface area contributed by atoms with E-state index in [0.29, 0.717) is 36.8 Å². The van der Waals surface area contributed by atoms with E-state index >= 15 is 0 Å². The van der Waals surface area contributed by atoms with Crippen molar-refractivity contribution in [1.29, 1.82) is 0 Å². The maximum Gasteiger partial charge on any atom is 0.249 e. The maximum atomic E-state index is 12.8. The largest absolute Gasteiger partial charge is 0.486 e. The molecule has 0 radical (unpaired) electrons. The van der Waals surface area contributed by atoms with Crippen LogP contribution in [0.3, 0.4) is 0 Å². The molecule has 0 unspecified atom stereocenters. The second-order valence-electron chi connectivity index (χ2n) is 8.18. The van der Waals surface area contributed by atoms with Gasteiger partial charge in [-0.3, -0.25) is 4.79 Å². The molecule has 0 aromatic heterocycles. The zero-order valence-electron chi connectivity index (χ0n) is 17.6. The number of ether oxygens (including phenoxy) is 2. The van der Waals surface area contributed by atoms with Gasteiger partial charge in [-0.1, -0.05) is 36.4 Å². The summed E-state index contributed by atoms with van der Waals surface area (Å²) in [4.78, 5) is 15.0. The van der Waals surface area contributed by atoms with E-state index in [4.69, 9.17) is 9.47 Å². The zero-order chi connectivity index (χ0) is 21.6. The lowest BCUT2D eigenvalue weighted by atomic mass is 10.00. The Labute approximate surface area is 182 Å². The van der Waals surface area contributed by atoms with Gasteiger partial charge in [0.2, 0.25) is 5.91 Å². The van der Waals surface area contributed by atoms with Gasteiger partial charge in [0.05, 0.1) is 6.04 Å². The Bertz CT molecular complexity index is 870. The van der Waals surface area contributed by atoms with Crippen LogP contribution in [0.15, 0.2) is 48.5 Å². The highest BCUT2D eigenvalue weighted by molar-refractivity contribution is 5.81. The van der Waals surface area contributed by atoms with Gasteiger partial charge < -0.3 is 29.9 Å². The van der Waals surface area contributed by atoms with Crippen LogP contribution in [0.25, 0.3) is 0 Å². The van der Waals surface area contributed by atoms with Crippen molar-refractivity contribution in [3.8, 4) is 11.5 Å². The highest BCUT2D eigenvalue weighted by atomic mass is 16.6. The molecule has 1 saturated heterocycles. The van der Waals surface area contributed by atoms with Gasteiger partial charge in [0.1, 0.15) is 25.4 Å². The van der Waals surface area contributed by atoms with Crippen LogP contribution in [0.4, 0.5) is 0 Å². The molecule has 1 amide bonds. The number of likely N-dealkylation sites (tertiary alicyclic amines) is 1. The number of hydrogen-bond donors (Lipinski definition) is 3. The number of amides is 1. The van der Waals surface area contributed by atoms with Crippen molar-refractivity contribution in [1.82, 2.24) is 10.2 Å². The van der Waals surface area contributed by atoms with Crippen molar-refractivity contribution < 1.29 is 24.5 Å². The van der Waals surface area contributed by atoms with E-state index in [2.05, 4.69) is 10.2 Å². The summed E-state index contributed by atoms with van der Waals surface area (Å²) in [6.07, 6.45) is 0.318. The molecule has 2 aliphatic heterocycles. The normalized spacial score (nSPS) is 18.9. The van der Waals surface area contributed by atoms with E-state index in [1.807, 2.05) is 30.3 Å². The average Bonchev–Trinajstić information content (AvgIpc) is 3.31. The minimum absolute atomic E-state index is 0.225. The molecule has 1 fully saturated rings. The molecule has 2 aliphatic rings. The summed E-state index contributed by atoms with van der Waals surface area (Å²) in [5.74, 6) is 0.767. The second kappa shape index (κ2) is 10.1. The summed E-state index contributed by atoms with van der Waals surface area (Å²) >= 11 is 0. The lowest BCUT2D eigenvalue weighted by Gasteiger charge is -2.30. The fraction of sp³-hybridized carbons (Fsp3) is 0.458. The summed E-state index contributed by atoms with van der Waals surface area (Å²) in [6.45, 7) is 3.35. The third-order valence-corrected chi connectivity index (χ3v) is 5.84. The number of nitrogens with zero attached hydrogens (tertiary/aromatic N) is 1. The van der Waals surface area contributed by atoms with Gasteiger partial charge in [-0.15, -0.1) is 0 Å². The van der Waals surface area contributed by atoms with E-state index in [1.54, 1.807) is 18.2 Å². The summed E-state index contributed by atoms with van der Waals surface area (Å²) in [6, 6.07) is 14.2. The first-order valence-electron chi connectivity index (χ1n) is 10.9. The molecule has 2 heterocycles. The van der Waals surface area contributed by atoms with Gasteiger partial charge >= 0.3 is 0 Å². The Morgan fingerprint density at radius 2 is 1.71 bits per heavy atom. The summed E-state index contributed by atoms with van der Waals surface area (Å²) in [7, 11) is 0. The second-order valence-corrected chi connectivity index (χ2v) is 8.18. The molecular formula is C24H30N2O5. The fourth-order valence-electron chi connectivity index (χ4n) is 4.15. The SMILES string of the molecule is O=C(N[C@H](CN1CCCC1)[C@H](O)c1ccc2c(c1)OCCO2)[C@@H](O)Cc1ccccc1. The van der Waals surface area contributed by atoms with Crippen molar-refractivity contribution in [2.24, 2.45) is 0 Å². The van der Waals surface area contributed by atoms with Gasteiger partial charge in [-0.05, 0) is 49.2 Å². The summed E-state index contributed by atoms with van der Waals surface area (Å²) in [5, 5.41) is 24.5. The first-order chi connectivity index (χ1) is 15.1. The first kappa shape index (κ1) is 21.6. The monoisotopic (exact) mass is 426 g/mol. The van der Waals surface area contributed by atoms with E-state index < -0.39 is 24.2 Å². The van der Waals surface area contributed by atoms with Gasteiger partial charge in [0.25, 0.3) is 0 Å². The highest BCUT2D eigenvalue weighted by Gasteiger charge is 2.29. The predicted molar refractivity (Wildman–Crippen MR) is 116 cm³/mol. The number of aliphatic hydroxyl groups is 2. The van der Waals surface area contributed by atoms with E-state index in [0.717, 1.165) is 31.5 Å². The third kappa shape index (κ3) is 5.55. The Morgan fingerprint density at radius 3 is 2.45 bits per heavy atom. The maximum absolute atomic E-state index is 12.8. The first-order valence-corrected chi connectivity index (χ1v) is 10.9. The number of benzene rings is 2. The van der Waals surface area contributed by atoms with Crippen LogP contribution in [-0.4, -0.2) is 66.0 Å². The van der Waals surface area contributed by atoms with Gasteiger partial charge in [-0.2, -0.15) is 0 Å². The summed E-state index contributed by atoms with van der Waals surface area (Å²) in [5.41, 5.74) is 1.53. The van der Waals surface area contributed by atoms with Crippen molar-refractivity contribution in [3.63, 3.8) is 0 Å². The molecule has 31 heavy (non-hydrogen) atoms. The van der Waals surface area contributed by atoms with Crippen LogP contribution in [0.1, 0.15) is 30.1 Å². The van der Waals surface area contributed by atoms with Crippen LogP contribution in [0, 0.1) is 0 Å². The molecule has 3 atom stereocenters. The molecule has 4 rings (SSSR count). The number of fused-ring (bicyclic) bond motifs is 1. The third-order valence-electron chi connectivity index (χ3n) is 5.84. The van der Waals surface area contributed by atoms with Crippen molar-refractivity contribution in [2.45, 2.75) is 37.5 Å². The molecule has 0 saturated carbocycles. The molecule has 3 N–H and O–H groups in total. The molecule has 7 nitrogen and oxygen atoms in total. The van der Waals surface area contributed by atoms with Gasteiger partial charge in [0, 0.05) is 13.0 Å². The molecule has 0 aliphatic carbocycles. The van der Waals surface area contributed by atoms with E-state index in [1.165, 1.54) is 0 Å². The molecule has 0 spiro atoms. The fourth-order valence-corrected chi connectivity index (χ4v) is 4.15. The van der Waals surface area contributed by atoms with Crippen molar-refractivity contribution in [2.75, 3.05) is 32.8 Å². The molecule has 166 valence electrons. The van der Waals surface area contributed by atoms with Crippen molar-refractivity contribution in [3.05, 3.63) is 59.7 Å². The molecule has 0 bridgehead atoms. The Balaban J connectivity index is 1.47. The number of carbonyl (C=O) groups excluding carboxylic acids is 1. The zero-order valence-corrected chi connectivity index (χ0v) is 17.6. The lowest BCUT2D eigenvalue weighted by molar-refractivity contribution is -0.131. The Kier molecular flexibility index (Phi) is 7.06. The van der Waals surface area contributed by atoms with E-state index in [9.17, 15) is 15.0 Å². The molecular weight excluding hydrogens is 396 g/mol. The minimum Gasteiger partial charge on any atom is -0.486 e. The summed E-state index contributed by atoms with van der Waals surface area (Å²) < 4.78 is 11.2. The van der Waals surface area contributed by atoms with Crippen molar-refractivity contribution >= 4 is 5.91 Å². The molecule has 7 heteroatoms. The number of aliphatic hydroxyl groups excluding tert-OH is 2. The van der Waals surface area contributed by atoms with Gasteiger partial charge in [-0.25, -0.2) is 0 Å². The smallest absolute Gasteiger partial charge is 0.249 e. The van der Waals surface area contributed by atoms with Crippen LogP contribution in [0.2, 0.25) is 0 Å². The lowest BCUT2D eigenvalue weighted by Crippen LogP contribution is -2.50. The Hall–Kier alpha value is -2.61. The van der Waals surface area contributed by atoms with Crippen LogP contribution in [-0.2, 0) is 11.2 Å². The quantitative estimate of drug-likeness (QED) is 0.595. The number of hydrogen-bond acceptors (Lipinski definition) is 6. The number of nitrogens with one attached hydrogen (secondary N) is 1. The van der Waals surface area contributed by atoms with Crippen LogP contribution in [0.5, 0.6) is 11.5 Å². The predicted octanol–water partition coefficient (Wildman–Crippen LogP) is 1.68. The number of carbonyl (C=O) groups is 1. The van der Waals surface area contributed by atoms with Crippen LogP contribution >= 0.6 is 0 Å². The van der Waals surface area contributed by atoms with Crippen LogP contribution < -0.4 is 14.8 Å². The topological polar surface area (TPSA) is 91.3 Å². The molecule has 2 aromatic carbocycles. The Morgan fingerprint density at radius 1 is 1.00 bits per heavy atom. The standard InChI is InChI=1S/C24H30N2O5/c27-20(14-17-6-2-1-3-7-17)24(29)25-19(16-26-10-4-5-11-26)23(28)18-8-9-21-22(15-18)31-13-12-30-21/h1-3,6-9,15,19-20,23,27-28H,4-5,10-14,16H2,(H,25,29)/t19-,20+,23-/m1/s1. The highest BCUT2D eigenvalue weighted by Crippen LogP contribution is 2.33. The minimum atomic E-state index is -1.18.